The molecule has 1 aromatic carbocycles. The van der Waals surface area contributed by atoms with E-state index in [1.54, 1.807) is 23.1 Å². The van der Waals surface area contributed by atoms with E-state index in [9.17, 15) is 4.79 Å². The molecule has 0 radical (unpaired) electrons. The number of benzene rings is 1. The standard InChI is InChI=1S/C14H14BrClN2O/c15-11-7-10(8-12(16)9-11)14(19)18(6-5-17)13-3-1-2-4-13/h7-9,13H,1-4,6H2. The second kappa shape index (κ2) is 6.40. The molecule has 0 atom stereocenters. The van der Waals surface area contributed by atoms with Gasteiger partial charge in [-0.3, -0.25) is 4.79 Å². The lowest BCUT2D eigenvalue weighted by Crippen LogP contribution is -2.39. The average molecular weight is 342 g/mol. The van der Waals surface area contributed by atoms with E-state index >= 15 is 0 Å². The number of amides is 1. The Morgan fingerprint density at radius 1 is 1.42 bits per heavy atom. The highest BCUT2D eigenvalue weighted by Crippen LogP contribution is 2.26. The molecule has 0 unspecified atom stereocenters. The normalized spacial score (nSPS) is 15.2. The Balaban J connectivity index is 2.25. The molecule has 0 spiro atoms. The third kappa shape index (κ3) is 3.49. The summed E-state index contributed by atoms with van der Waals surface area (Å²) in [4.78, 5) is 14.2. The zero-order valence-corrected chi connectivity index (χ0v) is 12.7. The van der Waals surface area contributed by atoms with Crippen molar-refractivity contribution in [3.63, 3.8) is 0 Å². The molecule has 1 saturated carbocycles. The summed E-state index contributed by atoms with van der Waals surface area (Å²) < 4.78 is 0.770. The maximum atomic E-state index is 12.5. The van der Waals surface area contributed by atoms with Crippen LogP contribution in [0.5, 0.6) is 0 Å². The van der Waals surface area contributed by atoms with E-state index in [0.717, 1.165) is 30.2 Å². The fraction of sp³-hybridized carbons (Fsp3) is 0.429. The first-order chi connectivity index (χ1) is 9.11. The lowest BCUT2D eigenvalue weighted by molar-refractivity contribution is 0.0709. The fourth-order valence-electron chi connectivity index (χ4n) is 2.50. The van der Waals surface area contributed by atoms with Crippen LogP contribution in [0.1, 0.15) is 36.0 Å². The predicted molar refractivity (Wildman–Crippen MR) is 78.1 cm³/mol. The van der Waals surface area contributed by atoms with E-state index in [2.05, 4.69) is 22.0 Å². The van der Waals surface area contributed by atoms with Crippen LogP contribution in [0.2, 0.25) is 5.02 Å². The molecule has 1 aliphatic rings. The molecule has 1 aromatic rings. The molecule has 1 amide bonds. The third-order valence-corrected chi connectivity index (χ3v) is 4.05. The van der Waals surface area contributed by atoms with Gasteiger partial charge in [0.05, 0.1) is 6.07 Å². The van der Waals surface area contributed by atoms with Crippen molar-refractivity contribution in [2.24, 2.45) is 0 Å². The van der Waals surface area contributed by atoms with Crippen LogP contribution >= 0.6 is 27.5 Å². The van der Waals surface area contributed by atoms with Gasteiger partial charge in [-0.25, -0.2) is 0 Å². The summed E-state index contributed by atoms with van der Waals surface area (Å²) >= 11 is 9.30. The Morgan fingerprint density at radius 3 is 2.68 bits per heavy atom. The molecule has 0 aliphatic heterocycles. The molecule has 2 rings (SSSR count). The summed E-state index contributed by atoms with van der Waals surface area (Å²) in [6.07, 6.45) is 4.21. The quantitative estimate of drug-likeness (QED) is 0.780. The van der Waals surface area contributed by atoms with Crippen LogP contribution in [0.25, 0.3) is 0 Å². The van der Waals surface area contributed by atoms with E-state index in [1.165, 1.54) is 0 Å². The molecular formula is C14H14BrClN2O. The van der Waals surface area contributed by atoms with Crippen molar-refractivity contribution in [2.75, 3.05) is 6.54 Å². The van der Waals surface area contributed by atoms with Gasteiger partial charge in [0.25, 0.3) is 5.91 Å². The van der Waals surface area contributed by atoms with Crippen LogP contribution in [0.4, 0.5) is 0 Å². The van der Waals surface area contributed by atoms with Gasteiger partial charge in [-0.05, 0) is 31.0 Å². The highest BCUT2D eigenvalue weighted by Gasteiger charge is 2.27. The van der Waals surface area contributed by atoms with Gasteiger partial charge in [-0.2, -0.15) is 5.26 Å². The van der Waals surface area contributed by atoms with Gasteiger partial charge >= 0.3 is 0 Å². The van der Waals surface area contributed by atoms with Gasteiger partial charge in [-0.1, -0.05) is 40.4 Å². The van der Waals surface area contributed by atoms with Gasteiger partial charge in [0.15, 0.2) is 0 Å². The third-order valence-electron chi connectivity index (χ3n) is 3.38. The maximum Gasteiger partial charge on any atom is 0.255 e. The summed E-state index contributed by atoms with van der Waals surface area (Å²) in [5.74, 6) is -0.114. The minimum atomic E-state index is -0.114. The topological polar surface area (TPSA) is 44.1 Å². The van der Waals surface area contributed by atoms with Crippen molar-refractivity contribution in [1.82, 2.24) is 4.90 Å². The molecule has 0 heterocycles. The van der Waals surface area contributed by atoms with E-state index in [1.807, 2.05) is 0 Å². The number of nitriles is 1. The zero-order chi connectivity index (χ0) is 13.8. The number of hydrogen-bond acceptors (Lipinski definition) is 2. The van der Waals surface area contributed by atoms with Crippen LogP contribution in [-0.4, -0.2) is 23.4 Å². The van der Waals surface area contributed by atoms with Crippen molar-refractivity contribution < 1.29 is 4.79 Å². The lowest BCUT2D eigenvalue weighted by Gasteiger charge is -2.26. The Morgan fingerprint density at radius 2 is 2.11 bits per heavy atom. The van der Waals surface area contributed by atoms with Gasteiger partial charge in [0.2, 0.25) is 0 Å². The van der Waals surface area contributed by atoms with Gasteiger partial charge in [0, 0.05) is 21.1 Å². The van der Waals surface area contributed by atoms with Crippen LogP contribution < -0.4 is 0 Å². The Labute approximate surface area is 126 Å². The minimum Gasteiger partial charge on any atom is -0.322 e. The average Bonchev–Trinajstić information content (AvgIpc) is 2.87. The highest BCUT2D eigenvalue weighted by molar-refractivity contribution is 9.10. The summed E-state index contributed by atoms with van der Waals surface area (Å²) in [6, 6.07) is 7.40. The molecule has 3 nitrogen and oxygen atoms in total. The summed E-state index contributed by atoms with van der Waals surface area (Å²) in [6.45, 7) is 0.133. The molecule has 1 aliphatic carbocycles. The second-order valence-electron chi connectivity index (χ2n) is 4.69. The number of hydrogen-bond donors (Lipinski definition) is 0. The number of rotatable bonds is 3. The molecule has 0 aromatic heterocycles. The van der Waals surface area contributed by atoms with Crippen LogP contribution in [0, 0.1) is 11.3 Å². The fourth-order valence-corrected chi connectivity index (χ4v) is 3.36. The minimum absolute atomic E-state index is 0.114. The van der Waals surface area contributed by atoms with Crippen LogP contribution in [-0.2, 0) is 0 Å². The molecule has 0 N–H and O–H groups in total. The van der Waals surface area contributed by atoms with E-state index in [0.29, 0.717) is 10.6 Å². The Kier molecular flexibility index (Phi) is 4.84. The largest absolute Gasteiger partial charge is 0.322 e. The number of carbonyl (C=O) groups excluding carboxylic acids is 1. The summed E-state index contributed by atoms with van der Waals surface area (Å²) in [7, 11) is 0. The van der Waals surface area contributed by atoms with Gasteiger partial charge < -0.3 is 4.90 Å². The monoisotopic (exact) mass is 340 g/mol. The summed E-state index contributed by atoms with van der Waals surface area (Å²) in [5.41, 5.74) is 0.529. The van der Waals surface area contributed by atoms with E-state index < -0.39 is 0 Å². The Bertz CT molecular complexity index is 500. The Hall–Kier alpha value is -1.05. The first-order valence-corrected chi connectivity index (χ1v) is 7.43. The van der Waals surface area contributed by atoms with E-state index in [4.69, 9.17) is 16.9 Å². The van der Waals surface area contributed by atoms with E-state index in [-0.39, 0.29) is 18.5 Å². The lowest BCUT2D eigenvalue weighted by atomic mass is 10.1. The number of carbonyl (C=O) groups is 1. The molecular weight excluding hydrogens is 328 g/mol. The van der Waals surface area contributed by atoms with Crippen LogP contribution in [0.15, 0.2) is 22.7 Å². The second-order valence-corrected chi connectivity index (χ2v) is 6.04. The summed E-state index contributed by atoms with van der Waals surface area (Å²) in [5, 5.41) is 9.44. The smallest absolute Gasteiger partial charge is 0.255 e. The van der Waals surface area contributed by atoms with Gasteiger partial charge in [0.1, 0.15) is 6.54 Å². The van der Waals surface area contributed by atoms with Crippen molar-refractivity contribution >= 4 is 33.4 Å². The van der Waals surface area contributed by atoms with Crippen molar-refractivity contribution in [1.29, 1.82) is 5.26 Å². The number of halogens is 2. The SMILES string of the molecule is N#CCN(C(=O)c1cc(Cl)cc(Br)c1)C1CCCC1. The van der Waals surface area contributed by atoms with Gasteiger partial charge in [-0.15, -0.1) is 0 Å². The van der Waals surface area contributed by atoms with Crippen molar-refractivity contribution in [2.45, 2.75) is 31.7 Å². The highest BCUT2D eigenvalue weighted by atomic mass is 79.9. The number of nitrogens with zero attached hydrogens (tertiary/aromatic N) is 2. The maximum absolute atomic E-state index is 12.5. The molecule has 1 fully saturated rings. The zero-order valence-electron chi connectivity index (χ0n) is 10.4. The first kappa shape index (κ1) is 14.4. The molecule has 5 heteroatoms. The predicted octanol–water partition coefficient (Wildman–Crippen LogP) is 4.01. The molecule has 0 bridgehead atoms. The van der Waals surface area contributed by atoms with Crippen molar-refractivity contribution in [3.8, 4) is 6.07 Å². The molecule has 100 valence electrons. The molecule has 19 heavy (non-hydrogen) atoms. The first-order valence-electron chi connectivity index (χ1n) is 6.26. The van der Waals surface area contributed by atoms with Crippen LogP contribution in [0.3, 0.4) is 0 Å². The molecule has 0 saturated heterocycles. The van der Waals surface area contributed by atoms with Crippen molar-refractivity contribution in [3.05, 3.63) is 33.3 Å².